The fourth-order valence-electron chi connectivity index (χ4n) is 3.83. The minimum absolute atomic E-state index is 0.112. The SMILES string of the molecule is CC1=C(C#N)c2nc(N)c(C#N)c(C)c2/C1=C\c1cccc(OCc2ccccc2F)c1. The van der Waals surface area contributed by atoms with Gasteiger partial charge < -0.3 is 10.5 Å². The van der Waals surface area contributed by atoms with Crippen molar-refractivity contribution in [1.82, 2.24) is 4.98 Å². The second-order valence-corrected chi connectivity index (χ2v) is 7.45. The van der Waals surface area contributed by atoms with Crippen molar-refractivity contribution < 1.29 is 9.13 Å². The number of benzene rings is 2. The van der Waals surface area contributed by atoms with Crippen molar-refractivity contribution in [1.29, 1.82) is 10.5 Å². The van der Waals surface area contributed by atoms with Crippen LogP contribution in [0.1, 0.15) is 40.4 Å². The van der Waals surface area contributed by atoms with Crippen molar-refractivity contribution in [3.05, 3.63) is 93.4 Å². The molecule has 0 atom stereocenters. The van der Waals surface area contributed by atoms with Gasteiger partial charge in [-0.2, -0.15) is 10.5 Å². The number of nitrogens with zero attached hydrogens (tertiary/aromatic N) is 3. The number of allylic oxidation sites excluding steroid dienone is 3. The highest BCUT2D eigenvalue weighted by molar-refractivity contribution is 6.08. The lowest BCUT2D eigenvalue weighted by atomic mass is 9.95. The highest BCUT2D eigenvalue weighted by Gasteiger charge is 2.29. The van der Waals surface area contributed by atoms with Gasteiger partial charge in [0.15, 0.2) is 0 Å². The van der Waals surface area contributed by atoms with E-state index < -0.39 is 0 Å². The second-order valence-electron chi connectivity index (χ2n) is 7.45. The smallest absolute Gasteiger partial charge is 0.142 e. The van der Waals surface area contributed by atoms with E-state index in [1.165, 1.54) is 6.07 Å². The Kier molecular flexibility index (Phi) is 5.45. The van der Waals surface area contributed by atoms with Crippen molar-refractivity contribution in [3.63, 3.8) is 0 Å². The number of hydrogen-bond donors (Lipinski definition) is 1. The Morgan fingerprint density at radius 2 is 1.88 bits per heavy atom. The van der Waals surface area contributed by atoms with E-state index in [4.69, 9.17) is 10.5 Å². The van der Waals surface area contributed by atoms with E-state index in [-0.39, 0.29) is 18.2 Å². The molecule has 3 aromatic rings. The maximum atomic E-state index is 13.9. The summed E-state index contributed by atoms with van der Waals surface area (Å²) in [5.41, 5.74) is 11.5. The summed E-state index contributed by atoms with van der Waals surface area (Å²) >= 11 is 0. The normalized spacial score (nSPS) is 13.6. The Morgan fingerprint density at radius 1 is 1.09 bits per heavy atom. The number of pyridine rings is 1. The molecule has 1 aliphatic rings. The fourth-order valence-corrected chi connectivity index (χ4v) is 3.83. The molecule has 0 aliphatic heterocycles. The van der Waals surface area contributed by atoms with Crippen LogP contribution in [-0.4, -0.2) is 4.98 Å². The third kappa shape index (κ3) is 3.59. The molecule has 32 heavy (non-hydrogen) atoms. The predicted octanol–water partition coefficient (Wildman–Crippen LogP) is 5.41. The molecule has 0 saturated carbocycles. The highest BCUT2D eigenvalue weighted by Crippen LogP contribution is 2.44. The lowest BCUT2D eigenvalue weighted by Crippen LogP contribution is -2.03. The molecule has 2 aromatic carbocycles. The van der Waals surface area contributed by atoms with Gasteiger partial charge in [-0.1, -0.05) is 30.3 Å². The van der Waals surface area contributed by atoms with Crippen LogP contribution in [0.4, 0.5) is 10.2 Å². The Labute approximate surface area is 185 Å². The summed E-state index contributed by atoms with van der Waals surface area (Å²) in [5.74, 6) is 0.399. The van der Waals surface area contributed by atoms with Crippen LogP contribution >= 0.6 is 0 Å². The summed E-state index contributed by atoms with van der Waals surface area (Å²) in [4.78, 5) is 4.34. The molecule has 0 saturated heterocycles. The van der Waals surface area contributed by atoms with Gasteiger partial charge in [0.1, 0.15) is 36.1 Å². The van der Waals surface area contributed by atoms with Gasteiger partial charge in [0.05, 0.1) is 16.8 Å². The zero-order valence-electron chi connectivity index (χ0n) is 17.6. The lowest BCUT2D eigenvalue weighted by Gasteiger charge is -2.11. The molecular weight excluding hydrogens is 403 g/mol. The van der Waals surface area contributed by atoms with Gasteiger partial charge in [-0.05, 0) is 60.4 Å². The van der Waals surface area contributed by atoms with Gasteiger partial charge in [0.25, 0.3) is 0 Å². The summed E-state index contributed by atoms with van der Waals surface area (Å²) in [6, 6.07) is 18.2. The van der Waals surface area contributed by atoms with Crippen LogP contribution in [-0.2, 0) is 6.61 Å². The topological polar surface area (TPSA) is 95.7 Å². The van der Waals surface area contributed by atoms with Crippen LogP contribution in [0.25, 0.3) is 17.2 Å². The van der Waals surface area contributed by atoms with Crippen molar-refractivity contribution in [2.75, 3.05) is 5.73 Å². The molecule has 0 radical (unpaired) electrons. The van der Waals surface area contributed by atoms with E-state index in [0.717, 1.165) is 22.3 Å². The number of fused-ring (bicyclic) bond motifs is 1. The molecule has 1 aromatic heterocycles. The van der Waals surface area contributed by atoms with Crippen molar-refractivity contribution >= 4 is 23.0 Å². The standard InChI is InChI=1S/C26H19FN4O/c1-15-20(24-16(2)22(13-29)26(30)31-25(24)21(15)12-28)11-17-6-5-8-19(10-17)32-14-18-7-3-4-9-23(18)27/h3-11H,14H2,1-2H3,(H2,30,31)/b20-11-. The summed E-state index contributed by atoms with van der Waals surface area (Å²) in [6.45, 7) is 3.78. The van der Waals surface area contributed by atoms with E-state index in [2.05, 4.69) is 17.1 Å². The number of halogens is 1. The van der Waals surface area contributed by atoms with Crippen LogP contribution in [0.15, 0.2) is 54.1 Å². The first-order chi connectivity index (χ1) is 15.4. The fraction of sp³-hybridized carbons (Fsp3) is 0.115. The van der Waals surface area contributed by atoms with Crippen LogP contribution in [0.5, 0.6) is 5.75 Å². The van der Waals surface area contributed by atoms with Crippen LogP contribution in [0, 0.1) is 35.4 Å². The first-order valence-electron chi connectivity index (χ1n) is 9.94. The molecule has 156 valence electrons. The number of ether oxygens (including phenoxy) is 1. The minimum atomic E-state index is -0.311. The van der Waals surface area contributed by atoms with E-state index in [1.54, 1.807) is 24.3 Å². The minimum Gasteiger partial charge on any atom is -0.489 e. The Hall–Kier alpha value is -4.42. The Bertz CT molecular complexity index is 1390. The zero-order valence-corrected chi connectivity index (χ0v) is 17.6. The summed E-state index contributed by atoms with van der Waals surface area (Å²) < 4.78 is 19.7. The van der Waals surface area contributed by atoms with E-state index in [0.29, 0.717) is 33.7 Å². The van der Waals surface area contributed by atoms with Crippen molar-refractivity contribution in [2.24, 2.45) is 0 Å². The number of nitrogens with two attached hydrogens (primary N) is 1. The largest absolute Gasteiger partial charge is 0.489 e. The number of nitriles is 2. The zero-order chi connectivity index (χ0) is 22.8. The molecule has 1 heterocycles. The average Bonchev–Trinajstić information content (AvgIpc) is 3.04. The van der Waals surface area contributed by atoms with Gasteiger partial charge in [0, 0.05) is 11.1 Å². The molecular formula is C26H19FN4O. The molecule has 0 spiro atoms. The third-order valence-electron chi connectivity index (χ3n) is 5.51. The Morgan fingerprint density at radius 3 is 2.59 bits per heavy atom. The van der Waals surface area contributed by atoms with Gasteiger partial charge >= 0.3 is 0 Å². The maximum Gasteiger partial charge on any atom is 0.142 e. The van der Waals surface area contributed by atoms with Gasteiger partial charge in [-0.3, -0.25) is 0 Å². The molecule has 2 N–H and O–H groups in total. The number of nitrogen functional groups attached to an aromatic ring is 1. The van der Waals surface area contributed by atoms with Gasteiger partial charge in [-0.25, -0.2) is 9.37 Å². The molecule has 0 amide bonds. The second kappa shape index (κ2) is 8.37. The van der Waals surface area contributed by atoms with Gasteiger partial charge in [-0.15, -0.1) is 0 Å². The maximum absolute atomic E-state index is 13.9. The molecule has 0 bridgehead atoms. The molecule has 4 rings (SSSR count). The Balaban J connectivity index is 1.73. The quantitative estimate of drug-likeness (QED) is 0.606. The number of hydrogen-bond acceptors (Lipinski definition) is 5. The number of aromatic nitrogens is 1. The van der Waals surface area contributed by atoms with Gasteiger partial charge in [0.2, 0.25) is 0 Å². The summed E-state index contributed by atoms with van der Waals surface area (Å²) in [5, 5.41) is 19.2. The van der Waals surface area contributed by atoms with Crippen LogP contribution in [0.2, 0.25) is 0 Å². The van der Waals surface area contributed by atoms with E-state index in [9.17, 15) is 14.9 Å². The first kappa shape index (κ1) is 20.8. The predicted molar refractivity (Wildman–Crippen MR) is 121 cm³/mol. The highest BCUT2D eigenvalue weighted by atomic mass is 19.1. The molecule has 1 aliphatic carbocycles. The molecule has 0 unspecified atom stereocenters. The summed E-state index contributed by atoms with van der Waals surface area (Å²) in [7, 11) is 0. The lowest BCUT2D eigenvalue weighted by molar-refractivity contribution is 0.300. The van der Waals surface area contributed by atoms with E-state index in [1.807, 2.05) is 38.1 Å². The monoisotopic (exact) mass is 422 g/mol. The number of rotatable bonds is 4. The molecule has 0 fully saturated rings. The van der Waals surface area contributed by atoms with Crippen molar-refractivity contribution in [3.8, 4) is 17.9 Å². The number of anilines is 1. The average molecular weight is 422 g/mol. The third-order valence-corrected chi connectivity index (χ3v) is 5.51. The summed E-state index contributed by atoms with van der Waals surface area (Å²) in [6.07, 6.45) is 1.93. The van der Waals surface area contributed by atoms with E-state index >= 15 is 0 Å². The van der Waals surface area contributed by atoms with Crippen LogP contribution in [0.3, 0.4) is 0 Å². The van der Waals surface area contributed by atoms with Crippen LogP contribution < -0.4 is 10.5 Å². The van der Waals surface area contributed by atoms with Crippen molar-refractivity contribution in [2.45, 2.75) is 20.5 Å². The molecule has 6 heteroatoms. The molecule has 5 nitrogen and oxygen atoms in total. The first-order valence-corrected chi connectivity index (χ1v) is 9.94.